The Labute approximate surface area is 128 Å². The van der Waals surface area contributed by atoms with E-state index in [-0.39, 0.29) is 18.1 Å². The molecular formula is C14H20N6O2. The van der Waals surface area contributed by atoms with Crippen LogP contribution in [0.2, 0.25) is 0 Å². The van der Waals surface area contributed by atoms with Gasteiger partial charge in [-0.2, -0.15) is 10.2 Å². The lowest BCUT2D eigenvalue weighted by Crippen LogP contribution is -2.45. The molecule has 3 rings (SSSR count). The van der Waals surface area contributed by atoms with Gasteiger partial charge in [0.05, 0.1) is 13.2 Å². The van der Waals surface area contributed by atoms with E-state index < -0.39 is 0 Å². The molecule has 0 aromatic carbocycles. The normalized spacial score (nSPS) is 20.1. The lowest BCUT2D eigenvalue weighted by Gasteiger charge is -2.33. The largest absolute Gasteiger partial charge is 0.366 e. The van der Waals surface area contributed by atoms with Gasteiger partial charge in [0, 0.05) is 25.4 Å². The van der Waals surface area contributed by atoms with Crippen LogP contribution in [0.25, 0.3) is 0 Å². The second kappa shape index (κ2) is 6.27. The van der Waals surface area contributed by atoms with Crippen molar-refractivity contribution in [2.24, 2.45) is 0 Å². The number of hydrogen-bond donors (Lipinski definition) is 1. The minimum absolute atomic E-state index is 0.0308. The van der Waals surface area contributed by atoms with Gasteiger partial charge in [0.2, 0.25) is 5.91 Å². The third-order valence-corrected chi connectivity index (χ3v) is 3.83. The van der Waals surface area contributed by atoms with Crippen molar-refractivity contribution in [2.45, 2.75) is 32.4 Å². The molecule has 22 heavy (non-hydrogen) atoms. The quantitative estimate of drug-likeness (QED) is 0.899. The first kappa shape index (κ1) is 14.7. The number of aromatic nitrogens is 5. The van der Waals surface area contributed by atoms with E-state index in [1.165, 1.54) is 0 Å². The molecule has 0 saturated carbocycles. The van der Waals surface area contributed by atoms with Crippen molar-refractivity contribution in [3.63, 3.8) is 0 Å². The number of morpholine rings is 1. The molecule has 1 N–H and O–H groups in total. The van der Waals surface area contributed by atoms with Crippen LogP contribution in [0.15, 0.2) is 18.5 Å². The van der Waals surface area contributed by atoms with Gasteiger partial charge in [-0.25, -0.2) is 4.98 Å². The Bertz CT molecular complexity index is 623. The lowest BCUT2D eigenvalue weighted by molar-refractivity contribution is -0.142. The minimum Gasteiger partial charge on any atom is -0.366 e. The van der Waals surface area contributed by atoms with Crippen LogP contribution in [0, 0.1) is 0 Å². The summed E-state index contributed by atoms with van der Waals surface area (Å²) >= 11 is 0. The van der Waals surface area contributed by atoms with E-state index >= 15 is 0 Å². The second-order valence-corrected chi connectivity index (χ2v) is 5.30. The number of nitrogens with zero attached hydrogens (tertiary/aromatic N) is 5. The standard InChI is InChI=1S/C14H20N6O2/c1-3-12-16-13(18-17-12)11-9-19(7-8-22-11)14(21)10(2)20-6-4-5-15-20/h4-6,10-11H,3,7-9H2,1-2H3,(H,16,17,18). The van der Waals surface area contributed by atoms with Gasteiger partial charge in [-0.3, -0.25) is 14.6 Å². The Morgan fingerprint density at radius 1 is 1.59 bits per heavy atom. The topological polar surface area (TPSA) is 88.9 Å². The van der Waals surface area contributed by atoms with Crippen molar-refractivity contribution in [2.75, 3.05) is 19.7 Å². The number of ether oxygens (including phenoxy) is 1. The minimum atomic E-state index is -0.327. The van der Waals surface area contributed by atoms with Crippen LogP contribution in [-0.2, 0) is 16.0 Å². The predicted octanol–water partition coefficient (Wildman–Crippen LogP) is 0.725. The molecule has 0 aliphatic carbocycles. The van der Waals surface area contributed by atoms with Crippen LogP contribution in [-0.4, -0.2) is 55.5 Å². The van der Waals surface area contributed by atoms with Gasteiger partial charge in [-0.15, -0.1) is 0 Å². The molecule has 1 amide bonds. The van der Waals surface area contributed by atoms with E-state index in [2.05, 4.69) is 20.3 Å². The smallest absolute Gasteiger partial charge is 0.247 e. The Morgan fingerprint density at radius 3 is 3.14 bits per heavy atom. The van der Waals surface area contributed by atoms with E-state index in [4.69, 9.17) is 4.74 Å². The van der Waals surface area contributed by atoms with Crippen molar-refractivity contribution in [3.8, 4) is 0 Å². The molecule has 1 fully saturated rings. The third kappa shape index (κ3) is 2.87. The Hall–Kier alpha value is -2.22. The zero-order valence-corrected chi connectivity index (χ0v) is 12.8. The van der Waals surface area contributed by atoms with Crippen LogP contribution >= 0.6 is 0 Å². The fourth-order valence-electron chi connectivity index (χ4n) is 2.50. The second-order valence-electron chi connectivity index (χ2n) is 5.30. The molecule has 8 nitrogen and oxygen atoms in total. The van der Waals surface area contributed by atoms with Crippen molar-refractivity contribution in [3.05, 3.63) is 30.1 Å². The van der Waals surface area contributed by atoms with Crippen molar-refractivity contribution < 1.29 is 9.53 Å². The number of H-pyrrole nitrogens is 1. The molecule has 1 saturated heterocycles. The van der Waals surface area contributed by atoms with E-state index in [9.17, 15) is 4.79 Å². The van der Waals surface area contributed by atoms with Crippen LogP contribution in [0.5, 0.6) is 0 Å². The lowest BCUT2D eigenvalue weighted by atomic mass is 10.2. The molecule has 1 aliphatic rings. The van der Waals surface area contributed by atoms with Gasteiger partial charge in [-0.05, 0) is 13.0 Å². The summed E-state index contributed by atoms with van der Waals surface area (Å²) in [4.78, 5) is 18.8. The molecule has 0 radical (unpaired) electrons. The molecule has 2 aromatic rings. The summed E-state index contributed by atoms with van der Waals surface area (Å²) in [6.07, 6.45) is 3.98. The molecule has 2 atom stereocenters. The fraction of sp³-hybridized carbons (Fsp3) is 0.571. The van der Waals surface area contributed by atoms with Gasteiger partial charge in [0.1, 0.15) is 18.0 Å². The predicted molar refractivity (Wildman–Crippen MR) is 78.0 cm³/mol. The highest BCUT2D eigenvalue weighted by Crippen LogP contribution is 2.21. The maximum absolute atomic E-state index is 12.6. The molecular weight excluding hydrogens is 284 g/mol. The SMILES string of the molecule is CCc1nc(C2CN(C(=O)C(C)n3cccn3)CCO2)n[nH]1. The summed E-state index contributed by atoms with van der Waals surface area (Å²) in [6.45, 7) is 5.38. The average Bonchev–Trinajstić information content (AvgIpc) is 3.24. The Kier molecular flexibility index (Phi) is 4.19. The number of rotatable bonds is 4. The van der Waals surface area contributed by atoms with Crippen molar-refractivity contribution in [1.29, 1.82) is 0 Å². The highest BCUT2D eigenvalue weighted by molar-refractivity contribution is 5.80. The molecule has 0 spiro atoms. The number of aryl methyl sites for hydroxylation is 1. The molecule has 118 valence electrons. The summed E-state index contributed by atoms with van der Waals surface area (Å²) < 4.78 is 7.37. The monoisotopic (exact) mass is 304 g/mol. The van der Waals surface area contributed by atoms with Gasteiger partial charge in [0.25, 0.3) is 0 Å². The molecule has 0 bridgehead atoms. The van der Waals surface area contributed by atoms with Crippen LogP contribution < -0.4 is 0 Å². The number of aromatic amines is 1. The fourth-order valence-corrected chi connectivity index (χ4v) is 2.50. The van der Waals surface area contributed by atoms with Crippen LogP contribution in [0.3, 0.4) is 0 Å². The maximum Gasteiger partial charge on any atom is 0.247 e. The summed E-state index contributed by atoms with van der Waals surface area (Å²) in [7, 11) is 0. The maximum atomic E-state index is 12.6. The molecule has 3 heterocycles. The summed E-state index contributed by atoms with van der Waals surface area (Å²) in [5.41, 5.74) is 0. The first-order valence-electron chi connectivity index (χ1n) is 7.49. The van der Waals surface area contributed by atoms with E-state index in [0.29, 0.717) is 25.5 Å². The molecule has 1 aliphatic heterocycles. The number of carbonyl (C=O) groups excluding carboxylic acids is 1. The van der Waals surface area contributed by atoms with Gasteiger partial charge in [-0.1, -0.05) is 6.92 Å². The number of carbonyl (C=O) groups is 1. The van der Waals surface area contributed by atoms with E-state index in [0.717, 1.165) is 12.2 Å². The van der Waals surface area contributed by atoms with Gasteiger partial charge < -0.3 is 9.64 Å². The Balaban J connectivity index is 1.68. The zero-order chi connectivity index (χ0) is 15.5. The molecule has 2 aromatic heterocycles. The van der Waals surface area contributed by atoms with E-state index in [1.54, 1.807) is 22.0 Å². The highest BCUT2D eigenvalue weighted by atomic mass is 16.5. The highest BCUT2D eigenvalue weighted by Gasteiger charge is 2.30. The van der Waals surface area contributed by atoms with Crippen LogP contribution in [0.4, 0.5) is 0 Å². The summed E-state index contributed by atoms with van der Waals surface area (Å²) in [5.74, 6) is 1.47. The average molecular weight is 304 g/mol. The molecule has 2 unspecified atom stereocenters. The van der Waals surface area contributed by atoms with E-state index in [1.807, 2.05) is 19.9 Å². The van der Waals surface area contributed by atoms with Gasteiger partial charge >= 0.3 is 0 Å². The number of nitrogens with one attached hydrogen (secondary N) is 1. The number of amides is 1. The zero-order valence-electron chi connectivity index (χ0n) is 12.8. The first-order chi connectivity index (χ1) is 10.7. The third-order valence-electron chi connectivity index (χ3n) is 3.83. The summed E-state index contributed by atoms with van der Waals surface area (Å²) in [5, 5.41) is 11.2. The van der Waals surface area contributed by atoms with Crippen molar-refractivity contribution >= 4 is 5.91 Å². The number of hydrogen-bond acceptors (Lipinski definition) is 5. The Morgan fingerprint density at radius 2 is 2.45 bits per heavy atom. The van der Waals surface area contributed by atoms with Crippen LogP contribution in [0.1, 0.15) is 37.6 Å². The summed E-state index contributed by atoms with van der Waals surface area (Å²) in [6, 6.07) is 1.48. The van der Waals surface area contributed by atoms with Crippen molar-refractivity contribution in [1.82, 2.24) is 29.9 Å². The van der Waals surface area contributed by atoms with Gasteiger partial charge in [0.15, 0.2) is 5.82 Å². The first-order valence-corrected chi connectivity index (χ1v) is 7.49. The molecule has 8 heteroatoms.